The van der Waals surface area contributed by atoms with Gasteiger partial charge >= 0.3 is 0 Å². The Bertz CT molecular complexity index is 505. The molecule has 0 aliphatic heterocycles. The van der Waals surface area contributed by atoms with Crippen LogP contribution in [0.25, 0.3) is 0 Å². The zero-order valence-corrected chi connectivity index (χ0v) is 11.5. The number of hydrogen-bond donors (Lipinski definition) is 1. The third kappa shape index (κ3) is 3.34. The van der Waals surface area contributed by atoms with E-state index < -0.39 is 0 Å². The summed E-state index contributed by atoms with van der Waals surface area (Å²) in [5.74, 6) is 0. The molecule has 0 amide bonds. The Morgan fingerprint density at radius 3 is 2.44 bits per heavy atom. The molecule has 0 heterocycles. The number of benzene rings is 2. The molecule has 0 radical (unpaired) electrons. The molecule has 0 aliphatic rings. The van der Waals surface area contributed by atoms with Crippen molar-refractivity contribution in [1.82, 2.24) is 5.32 Å². The van der Waals surface area contributed by atoms with Gasteiger partial charge in [-0.05, 0) is 43.7 Å². The van der Waals surface area contributed by atoms with Crippen LogP contribution >= 0.6 is 11.6 Å². The minimum atomic E-state index is 0.323. The Morgan fingerprint density at radius 1 is 1.11 bits per heavy atom. The van der Waals surface area contributed by atoms with E-state index in [4.69, 9.17) is 11.6 Å². The number of halogens is 1. The summed E-state index contributed by atoms with van der Waals surface area (Å²) in [5, 5.41) is 4.16. The highest BCUT2D eigenvalue weighted by atomic mass is 35.5. The normalized spacial score (nSPS) is 12.4. The van der Waals surface area contributed by atoms with Crippen LogP contribution < -0.4 is 5.32 Å². The van der Waals surface area contributed by atoms with E-state index in [0.717, 1.165) is 11.4 Å². The van der Waals surface area contributed by atoms with Crippen LogP contribution in [0.4, 0.5) is 0 Å². The standard InChI is InChI=1S/C16H18ClN/c1-12-6-8-14(9-7-12)16(18-2)11-13-4-3-5-15(17)10-13/h3-10,16,18H,11H2,1-2H3. The van der Waals surface area contributed by atoms with Crippen molar-refractivity contribution in [2.24, 2.45) is 0 Å². The fourth-order valence-corrected chi connectivity index (χ4v) is 2.30. The zero-order valence-electron chi connectivity index (χ0n) is 10.8. The van der Waals surface area contributed by atoms with Gasteiger partial charge in [0.25, 0.3) is 0 Å². The third-order valence-electron chi connectivity index (χ3n) is 3.16. The summed E-state index contributed by atoms with van der Waals surface area (Å²) in [6.07, 6.45) is 0.945. The van der Waals surface area contributed by atoms with Crippen molar-refractivity contribution in [1.29, 1.82) is 0 Å². The SMILES string of the molecule is CNC(Cc1cccc(Cl)c1)c1ccc(C)cc1. The van der Waals surface area contributed by atoms with Gasteiger partial charge in [-0.25, -0.2) is 0 Å². The van der Waals surface area contributed by atoms with Crippen molar-refractivity contribution in [2.75, 3.05) is 7.05 Å². The Morgan fingerprint density at radius 2 is 1.83 bits per heavy atom. The second kappa shape index (κ2) is 6.03. The second-order valence-electron chi connectivity index (χ2n) is 4.59. The average molecular weight is 260 g/mol. The highest BCUT2D eigenvalue weighted by Gasteiger charge is 2.09. The van der Waals surface area contributed by atoms with E-state index in [1.54, 1.807) is 0 Å². The first-order valence-electron chi connectivity index (χ1n) is 6.17. The largest absolute Gasteiger partial charge is 0.313 e. The van der Waals surface area contributed by atoms with Crippen molar-refractivity contribution in [3.8, 4) is 0 Å². The lowest BCUT2D eigenvalue weighted by molar-refractivity contribution is 0.592. The lowest BCUT2D eigenvalue weighted by Crippen LogP contribution is -2.18. The Hall–Kier alpha value is -1.31. The Balaban J connectivity index is 2.17. The molecule has 1 atom stereocenters. The molecular weight excluding hydrogens is 242 g/mol. The fraction of sp³-hybridized carbons (Fsp3) is 0.250. The van der Waals surface area contributed by atoms with E-state index in [1.807, 2.05) is 25.2 Å². The van der Waals surface area contributed by atoms with Gasteiger partial charge in [-0.15, -0.1) is 0 Å². The van der Waals surface area contributed by atoms with Crippen molar-refractivity contribution in [2.45, 2.75) is 19.4 Å². The van der Waals surface area contributed by atoms with Gasteiger partial charge < -0.3 is 5.32 Å². The molecule has 0 saturated heterocycles. The molecule has 94 valence electrons. The van der Waals surface area contributed by atoms with Gasteiger partial charge in [0.2, 0.25) is 0 Å². The van der Waals surface area contributed by atoms with Gasteiger partial charge in [0.15, 0.2) is 0 Å². The predicted octanol–water partition coefficient (Wildman–Crippen LogP) is 4.15. The number of rotatable bonds is 4. The molecule has 2 heteroatoms. The Kier molecular flexibility index (Phi) is 4.40. The minimum absolute atomic E-state index is 0.323. The molecule has 2 aromatic carbocycles. The van der Waals surface area contributed by atoms with Gasteiger partial charge in [-0.2, -0.15) is 0 Å². The van der Waals surface area contributed by atoms with E-state index in [-0.39, 0.29) is 0 Å². The van der Waals surface area contributed by atoms with E-state index in [1.165, 1.54) is 16.7 Å². The van der Waals surface area contributed by atoms with Crippen LogP contribution in [0.2, 0.25) is 5.02 Å². The molecule has 0 fully saturated rings. The molecular formula is C16H18ClN. The van der Waals surface area contributed by atoms with Crippen molar-refractivity contribution < 1.29 is 0 Å². The number of nitrogens with one attached hydrogen (secondary N) is 1. The van der Waals surface area contributed by atoms with Gasteiger partial charge in [-0.1, -0.05) is 53.6 Å². The molecule has 1 N–H and O–H groups in total. The third-order valence-corrected chi connectivity index (χ3v) is 3.39. The fourth-order valence-electron chi connectivity index (χ4n) is 2.08. The lowest BCUT2D eigenvalue weighted by Gasteiger charge is -2.17. The monoisotopic (exact) mass is 259 g/mol. The molecule has 0 bridgehead atoms. The summed E-state index contributed by atoms with van der Waals surface area (Å²) >= 11 is 6.02. The molecule has 18 heavy (non-hydrogen) atoms. The maximum absolute atomic E-state index is 6.02. The van der Waals surface area contributed by atoms with Crippen LogP contribution in [-0.2, 0) is 6.42 Å². The maximum atomic E-state index is 6.02. The van der Waals surface area contributed by atoms with Crippen molar-refractivity contribution in [3.63, 3.8) is 0 Å². The number of likely N-dealkylation sites (N-methyl/N-ethyl adjacent to an activating group) is 1. The van der Waals surface area contributed by atoms with Gasteiger partial charge in [0.05, 0.1) is 0 Å². The van der Waals surface area contributed by atoms with Crippen molar-refractivity contribution >= 4 is 11.6 Å². The second-order valence-corrected chi connectivity index (χ2v) is 5.02. The number of hydrogen-bond acceptors (Lipinski definition) is 1. The quantitative estimate of drug-likeness (QED) is 0.870. The van der Waals surface area contributed by atoms with E-state index in [9.17, 15) is 0 Å². The smallest absolute Gasteiger partial charge is 0.0408 e. The molecule has 0 aliphatic carbocycles. The van der Waals surface area contributed by atoms with E-state index in [0.29, 0.717) is 6.04 Å². The summed E-state index contributed by atoms with van der Waals surface area (Å²) in [6, 6.07) is 17.0. The number of aryl methyl sites for hydroxylation is 1. The molecule has 0 spiro atoms. The maximum Gasteiger partial charge on any atom is 0.0408 e. The summed E-state index contributed by atoms with van der Waals surface area (Å²) in [6.45, 7) is 2.11. The van der Waals surface area contributed by atoms with Gasteiger partial charge in [0, 0.05) is 11.1 Å². The summed E-state index contributed by atoms with van der Waals surface area (Å²) < 4.78 is 0. The molecule has 0 saturated carbocycles. The van der Waals surface area contributed by atoms with Gasteiger partial charge in [-0.3, -0.25) is 0 Å². The highest BCUT2D eigenvalue weighted by Crippen LogP contribution is 2.20. The predicted molar refractivity (Wildman–Crippen MR) is 78.1 cm³/mol. The Labute approximate surface area is 114 Å². The molecule has 2 rings (SSSR count). The minimum Gasteiger partial charge on any atom is -0.313 e. The topological polar surface area (TPSA) is 12.0 Å². The molecule has 2 aromatic rings. The molecule has 0 aromatic heterocycles. The summed E-state index contributed by atoms with van der Waals surface area (Å²) in [4.78, 5) is 0. The van der Waals surface area contributed by atoms with Crippen LogP contribution in [0.3, 0.4) is 0 Å². The van der Waals surface area contributed by atoms with Crippen LogP contribution in [0.5, 0.6) is 0 Å². The van der Waals surface area contributed by atoms with Crippen molar-refractivity contribution in [3.05, 3.63) is 70.2 Å². The van der Waals surface area contributed by atoms with E-state index in [2.05, 4.69) is 42.6 Å². The average Bonchev–Trinajstić information content (AvgIpc) is 2.37. The summed E-state index contributed by atoms with van der Waals surface area (Å²) in [7, 11) is 2.00. The van der Waals surface area contributed by atoms with Crippen LogP contribution in [0.15, 0.2) is 48.5 Å². The van der Waals surface area contributed by atoms with Crippen LogP contribution in [0.1, 0.15) is 22.7 Å². The highest BCUT2D eigenvalue weighted by molar-refractivity contribution is 6.30. The molecule has 1 unspecified atom stereocenters. The van der Waals surface area contributed by atoms with Crippen LogP contribution in [0, 0.1) is 6.92 Å². The first-order chi connectivity index (χ1) is 8.69. The van der Waals surface area contributed by atoms with Crippen LogP contribution in [-0.4, -0.2) is 7.05 Å². The van der Waals surface area contributed by atoms with Gasteiger partial charge in [0.1, 0.15) is 0 Å². The van der Waals surface area contributed by atoms with E-state index >= 15 is 0 Å². The first kappa shape index (κ1) is 13.1. The molecule has 1 nitrogen and oxygen atoms in total. The zero-order chi connectivity index (χ0) is 13.0. The summed E-state index contributed by atoms with van der Waals surface area (Å²) in [5.41, 5.74) is 3.85. The first-order valence-corrected chi connectivity index (χ1v) is 6.55. The lowest BCUT2D eigenvalue weighted by atomic mass is 9.98.